The monoisotopic (exact) mass is 383 g/mol. The van der Waals surface area contributed by atoms with Crippen LogP contribution in [0.15, 0.2) is 52.3 Å². The molecule has 0 aliphatic carbocycles. The van der Waals surface area contributed by atoms with Crippen molar-refractivity contribution < 1.29 is 13.2 Å². The summed E-state index contributed by atoms with van der Waals surface area (Å²) in [5.74, 6) is -0.406. The van der Waals surface area contributed by atoms with Gasteiger partial charge >= 0.3 is 0 Å². The average Bonchev–Trinajstić information content (AvgIpc) is 2.56. The molecule has 2 rings (SSSR count). The molecule has 0 unspecified atom stereocenters. The molecule has 1 heterocycles. The molecule has 134 valence electrons. The lowest BCUT2D eigenvalue weighted by Gasteiger charge is -2.13. The van der Waals surface area contributed by atoms with Gasteiger partial charge in [0.25, 0.3) is 5.56 Å². The van der Waals surface area contributed by atoms with Crippen molar-refractivity contribution in [2.45, 2.75) is 18.0 Å². The van der Waals surface area contributed by atoms with Crippen LogP contribution in [0.4, 0.5) is 0 Å². The maximum atomic E-state index is 12.1. The van der Waals surface area contributed by atoms with Crippen LogP contribution in [0, 0.1) is 0 Å². The van der Waals surface area contributed by atoms with Crippen molar-refractivity contribution in [3.8, 4) is 0 Å². The molecule has 25 heavy (non-hydrogen) atoms. The van der Waals surface area contributed by atoms with Gasteiger partial charge in [0.1, 0.15) is 6.54 Å². The van der Waals surface area contributed by atoms with Gasteiger partial charge in [-0.15, -0.1) is 0 Å². The molecule has 0 aliphatic rings. The highest BCUT2D eigenvalue weighted by atomic mass is 35.5. The number of amides is 1. The van der Waals surface area contributed by atoms with Crippen molar-refractivity contribution in [1.82, 2.24) is 14.2 Å². The summed E-state index contributed by atoms with van der Waals surface area (Å²) in [6.45, 7) is 0.00362. The molecule has 1 amide bonds. The van der Waals surface area contributed by atoms with Gasteiger partial charge in [0.2, 0.25) is 15.9 Å². The molecule has 2 aromatic rings. The lowest BCUT2D eigenvalue weighted by atomic mass is 10.2. The van der Waals surface area contributed by atoms with Gasteiger partial charge in [-0.3, -0.25) is 9.59 Å². The number of nitrogens with zero attached hydrogens (tertiary/aromatic N) is 2. The van der Waals surface area contributed by atoms with E-state index in [4.69, 9.17) is 11.6 Å². The molecule has 0 saturated carbocycles. The number of sulfonamides is 1. The zero-order valence-electron chi connectivity index (χ0n) is 13.8. The van der Waals surface area contributed by atoms with Gasteiger partial charge in [0, 0.05) is 37.9 Å². The fraction of sp³-hybridized carbons (Fsp3) is 0.250. The lowest BCUT2D eigenvalue weighted by Crippen LogP contribution is -2.32. The van der Waals surface area contributed by atoms with Crippen molar-refractivity contribution in [2.75, 3.05) is 14.1 Å². The van der Waals surface area contributed by atoms with E-state index in [2.05, 4.69) is 5.32 Å². The highest BCUT2D eigenvalue weighted by Gasteiger charge is 2.18. The minimum atomic E-state index is -3.68. The average molecular weight is 384 g/mol. The van der Waals surface area contributed by atoms with Gasteiger partial charge < -0.3 is 9.88 Å². The van der Waals surface area contributed by atoms with Crippen LogP contribution in [-0.2, 0) is 27.9 Å². The largest absolute Gasteiger partial charge is 0.350 e. The summed E-state index contributed by atoms with van der Waals surface area (Å²) in [5.41, 5.74) is 0.397. The van der Waals surface area contributed by atoms with Crippen molar-refractivity contribution in [3.05, 3.63) is 63.5 Å². The molecule has 1 N–H and O–H groups in total. The number of hydrogen-bond acceptors (Lipinski definition) is 4. The number of pyridine rings is 1. The van der Waals surface area contributed by atoms with E-state index in [1.54, 1.807) is 24.3 Å². The Morgan fingerprint density at radius 1 is 1.16 bits per heavy atom. The quantitative estimate of drug-likeness (QED) is 0.808. The predicted molar refractivity (Wildman–Crippen MR) is 94.9 cm³/mol. The second-order valence-electron chi connectivity index (χ2n) is 5.52. The Labute approximate surface area is 150 Å². The van der Waals surface area contributed by atoms with Gasteiger partial charge in [-0.1, -0.05) is 23.7 Å². The van der Waals surface area contributed by atoms with Crippen LogP contribution < -0.4 is 10.9 Å². The summed E-state index contributed by atoms with van der Waals surface area (Å²) in [4.78, 5) is 23.9. The number of carbonyl (C=O) groups is 1. The van der Waals surface area contributed by atoms with E-state index in [9.17, 15) is 18.0 Å². The molecular formula is C16H18ClN3O4S. The highest BCUT2D eigenvalue weighted by molar-refractivity contribution is 7.89. The Kier molecular flexibility index (Phi) is 5.99. The molecule has 0 saturated heterocycles. The Morgan fingerprint density at radius 3 is 2.40 bits per heavy atom. The maximum Gasteiger partial charge on any atom is 0.251 e. The van der Waals surface area contributed by atoms with Crippen molar-refractivity contribution in [2.24, 2.45) is 0 Å². The third-order valence-corrected chi connectivity index (χ3v) is 5.50. The summed E-state index contributed by atoms with van der Waals surface area (Å²) in [5, 5.41) is 3.27. The fourth-order valence-corrected chi connectivity index (χ4v) is 3.06. The molecular weight excluding hydrogens is 366 g/mol. The van der Waals surface area contributed by atoms with Crippen LogP contribution >= 0.6 is 11.6 Å². The first-order valence-electron chi connectivity index (χ1n) is 7.34. The summed E-state index contributed by atoms with van der Waals surface area (Å²) in [6.07, 6.45) is 1.17. The van der Waals surface area contributed by atoms with E-state index in [-0.39, 0.29) is 18.0 Å². The summed E-state index contributed by atoms with van der Waals surface area (Å²) in [7, 11) is -0.897. The number of aromatic nitrogens is 1. The third kappa shape index (κ3) is 4.91. The molecule has 9 heteroatoms. The first-order chi connectivity index (χ1) is 11.7. The standard InChI is InChI=1S/C16H18ClN3O4S/c1-19(2)25(23,24)14-7-8-16(22)20(10-14)11-15(21)18-9-12-3-5-13(17)6-4-12/h3-8,10H,9,11H2,1-2H3,(H,18,21). The van der Waals surface area contributed by atoms with Crippen molar-refractivity contribution in [3.63, 3.8) is 0 Å². The molecule has 0 atom stereocenters. The molecule has 1 aromatic heterocycles. The summed E-state index contributed by atoms with van der Waals surface area (Å²) < 4.78 is 26.3. The van der Waals surface area contributed by atoms with Crippen LogP contribution in [0.3, 0.4) is 0 Å². The summed E-state index contributed by atoms with van der Waals surface area (Å²) in [6, 6.07) is 9.33. The molecule has 7 nitrogen and oxygen atoms in total. The minimum absolute atomic E-state index is 0.0531. The van der Waals surface area contributed by atoms with Gasteiger partial charge in [0.15, 0.2) is 0 Å². The van der Waals surface area contributed by atoms with Crippen molar-refractivity contribution >= 4 is 27.5 Å². The van der Waals surface area contributed by atoms with E-state index >= 15 is 0 Å². The normalized spacial score (nSPS) is 11.5. The minimum Gasteiger partial charge on any atom is -0.350 e. The second-order valence-corrected chi connectivity index (χ2v) is 8.11. The highest BCUT2D eigenvalue weighted by Crippen LogP contribution is 2.11. The van der Waals surface area contributed by atoms with E-state index < -0.39 is 21.5 Å². The van der Waals surface area contributed by atoms with Crippen molar-refractivity contribution in [1.29, 1.82) is 0 Å². The van der Waals surface area contributed by atoms with E-state index in [1.807, 2.05) is 0 Å². The number of halogens is 1. The van der Waals surface area contributed by atoms with E-state index in [0.717, 1.165) is 20.5 Å². The molecule has 0 fully saturated rings. The van der Waals surface area contributed by atoms with Crippen LogP contribution in [0.2, 0.25) is 5.02 Å². The Morgan fingerprint density at radius 2 is 1.80 bits per heavy atom. The topological polar surface area (TPSA) is 88.5 Å². The van der Waals surface area contributed by atoms with Gasteiger partial charge in [0.05, 0.1) is 4.90 Å². The molecule has 0 radical (unpaired) electrons. The zero-order chi connectivity index (χ0) is 18.6. The first kappa shape index (κ1) is 19.2. The van der Waals surface area contributed by atoms with Crippen LogP contribution in [-0.4, -0.2) is 37.3 Å². The fourth-order valence-electron chi connectivity index (χ4n) is 2.01. The molecule has 1 aromatic carbocycles. The van der Waals surface area contributed by atoms with Crippen LogP contribution in [0.5, 0.6) is 0 Å². The van der Waals surface area contributed by atoms with Crippen LogP contribution in [0.1, 0.15) is 5.56 Å². The van der Waals surface area contributed by atoms with Gasteiger partial charge in [-0.2, -0.15) is 0 Å². The third-order valence-electron chi connectivity index (χ3n) is 3.45. The Bertz CT molecular complexity index is 921. The number of carbonyl (C=O) groups excluding carboxylic acids is 1. The number of rotatable bonds is 6. The Hall–Kier alpha value is -2.16. The van der Waals surface area contributed by atoms with Crippen LogP contribution in [0.25, 0.3) is 0 Å². The number of benzene rings is 1. The van der Waals surface area contributed by atoms with E-state index in [1.165, 1.54) is 26.4 Å². The SMILES string of the molecule is CN(C)S(=O)(=O)c1ccc(=O)n(CC(=O)NCc2ccc(Cl)cc2)c1. The number of nitrogens with one attached hydrogen (secondary N) is 1. The predicted octanol–water partition coefficient (Wildman–Crippen LogP) is 1.07. The maximum absolute atomic E-state index is 12.1. The smallest absolute Gasteiger partial charge is 0.251 e. The number of hydrogen-bond donors (Lipinski definition) is 1. The molecule has 0 spiro atoms. The Balaban J connectivity index is 2.10. The molecule has 0 bridgehead atoms. The van der Waals surface area contributed by atoms with E-state index in [0.29, 0.717) is 5.02 Å². The van der Waals surface area contributed by atoms with Gasteiger partial charge in [-0.05, 0) is 23.8 Å². The van der Waals surface area contributed by atoms with Gasteiger partial charge in [-0.25, -0.2) is 12.7 Å². The first-order valence-corrected chi connectivity index (χ1v) is 9.16. The second kappa shape index (κ2) is 7.81. The molecule has 0 aliphatic heterocycles. The zero-order valence-corrected chi connectivity index (χ0v) is 15.3. The lowest BCUT2D eigenvalue weighted by molar-refractivity contribution is -0.121. The summed E-state index contributed by atoms with van der Waals surface area (Å²) >= 11 is 5.79.